The molecule has 0 saturated carbocycles. The van der Waals surface area contributed by atoms with Gasteiger partial charge in [-0.25, -0.2) is 0 Å². The van der Waals surface area contributed by atoms with Crippen LogP contribution in [0, 0.1) is 0 Å². The first-order chi connectivity index (χ1) is 10.9. The number of carboxylic acid groups (broad SMARTS) is 1. The molecule has 23 heavy (non-hydrogen) atoms. The van der Waals surface area contributed by atoms with Gasteiger partial charge in [0.25, 0.3) is 0 Å². The highest BCUT2D eigenvalue weighted by atomic mass is 16.4. The highest BCUT2D eigenvalue weighted by Crippen LogP contribution is 2.21. The van der Waals surface area contributed by atoms with Crippen molar-refractivity contribution >= 4 is 23.7 Å². The van der Waals surface area contributed by atoms with Crippen LogP contribution in [0.2, 0.25) is 0 Å². The standard InChI is InChI=1S/C14H22N4O5/c15-12(21)9(7-11(19)20)17-13(22)10-4-2-6-18(10)14(23)8-3-1-5-16-8/h8-10,16H,1-7H2,(H2,15,21)(H,17,22)(H,19,20)/t8-,9+,10-/m1/s1. The van der Waals surface area contributed by atoms with E-state index < -0.39 is 36.3 Å². The summed E-state index contributed by atoms with van der Waals surface area (Å²) in [4.78, 5) is 48.3. The molecule has 3 atom stereocenters. The SMILES string of the molecule is NC(=O)[C@H](CC(=O)O)NC(=O)[C@H]1CCCN1C(=O)[C@H]1CCCN1. The summed E-state index contributed by atoms with van der Waals surface area (Å²) in [6.45, 7) is 1.26. The van der Waals surface area contributed by atoms with Crippen LogP contribution in [-0.2, 0) is 19.2 Å². The Morgan fingerprint density at radius 3 is 2.57 bits per heavy atom. The fraction of sp³-hybridized carbons (Fsp3) is 0.714. The molecule has 0 spiro atoms. The van der Waals surface area contributed by atoms with E-state index in [9.17, 15) is 19.2 Å². The van der Waals surface area contributed by atoms with E-state index in [1.165, 1.54) is 4.90 Å². The zero-order chi connectivity index (χ0) is 17.0. The van der Waals surface area contributed by atoms with Crippen LogP contribution in [0.15, 0.2) is 0 Å². The first-order valence-corrected chi connectivity index (χ1v) is 7.75. The molecule has 0 aromatic rings. The summed E-state index contributed by atoms with van der Waals surface area (Å²) < 4.78 is 0. The van der Waals surface area contributed by atoms with Crippen LogP contribution in [0.5, 0.6) is 0 Å². The molecule has 2 aliphatic rings. The number of carbonyl (C=O) groups is 4. The molecule has 9 heteroatoms. The average molecular weight is 326 g/mol. The lowest BCUT2D eigenvalue weighted by atomic mass is 10.1. The van der Waals surface area contributed by atoms with Crippen molar-refractivity contribution < 1.29 is 24.3 Å². The van der Waals surface area contributed by atoms with Gasteiger partial charge in [-0.1, -0.05) is 0 Å². The highest BCUT2D eigenvalue weighted by molar-refractivity contribution is 5.94. The predicted molar refractivity (Wildman–Crippen MR) is 79.1 cm³/mol. The molecule has 2 fully saturated rings. The third kappa shape index (κ3) is 4.19. The van der Waals surface area contributed by atoms with Gasteiger partial charge in [-0.15, -0.1) is 0 Å². The van der Waals surface area contributed by atoms with Crippen LogP contribution >= 0.6 is 0 Å². The van der Waals surface area contributed by atoms with Gasteiger partial charge in [-0.3, -0.25) is 19.2 Å². The van der Waals surface area contributed by atoms with Gasteiger partial charge in [0.1, 0.15) is 12.1 Å². The summed E-state index contributed by atoms with van der Waals surface area (Å²) >= 11 is 0. The van der Waals surface area contributed by atoms with Crippen molar-refractivity contribution in [2.45, 2.75) is 50.2 Å². The van der Waals surface area contributed by atoms with Crippen molar-refractivity contribution in [3.05, 3.63) is 0 Å². The minimum Gasteiger partial charge on any atom is -0.481 e. The van der Waals surface area contributed by atoms with Crippen molar-refractivity contribution in [3.63, 3.8) is 0 Å². The summed E-state index contributed by atoms with van der Waals surface area (Å²) in [5.41, 5.74) is 5.12. The van der Waals surface area contributed by atoms with Crippen LogP contribution in [0.4, 0.5) is 0 Å². The summed E-state index contributed by atoms with van der Waals surface area (Å²) in [5.74, 6) is -2.79. The molecule has 2 rings (SSSR count). The predicted octanol–water partition coefficient (Wildman–Crippen LogP) is -1.83. The van der Waals surface area contributed by atoms with E-state index in [1.54, 1.807) is 0 Å². The molecular weight excluding hydrogens is 304 g/mol. The summed E-state index contributed by atoms with van der Waals surface area (Å²) in [5, 5.41) is 14.2. The molecule has 0 aromatic heterocycles. The number of nitrogens with zero attached hydrogens (tertiary/aromatic N) is 1. The Morgan fingerprint density at radius 2 is 2.00 bits per heavy atom. The van der Waals surface area contributed by atoms with E-state index in [0.29, 0.717) is 19.4 Å². The van der Waals surface area contributed by atoms with E-state index in [2.05, 4.69) is 10.6 Å². The van der Waals surface area contributed by atoms with Crippen LogP contribution in [0.3, 0.4) is 0 Å². The summed E-state index contributed by atoms with van der Waals surface area (Å²) in [6.07, 6.45) is 2.27. The van der Waals surface area contributed by atoms with Gasteiger partial charge in [0.15, 0.2) is 0 Å². The monoisotopic (exact) mass is 326 g/mol. The number of aliphatic carboxylic acids is 1. The Labute approximate surface area is 133 Å². The highest BCUT2D eigenvalue weighted by Gasteiger charge is 2.38. The number of hydrogen-bond donors (Lipinski definition) is 4. The molecule has 0 radical (unpaired) electrons. The van der Waals surface area contributed by atoms with Gasteiger partial charge in [0, 0.05) is 6.54 Å². The number of nitrogens with two attached hydrogens (primary N) is 1. The molecule has 2 heterocycles. The maximum Gasteiger partial charge on any atom is 0.305 e. The molecule has 0 aromatic carbocycles. The number of amides is 3. The van der Waals surface area contributed by atoms with Crippen molar-refractivity contribution in [2.24, 2.45) is 5.73 Å². The molecular formula is C14H22N4O5. The van der Waals surface area contributed by atoms with Crippen molar-refractivity contribution in [1.82, 2.24) is 15.5 Å². The van der Waals surface area contributed by atoms with E-state index >= 15 is 0 Å². The fourth-order valence-corrected chi connectivity index (χ4v) is 3.06. The minimum atomic E-state index is -1.28. The number of primary amides is 1. The summed E-state index contributed by atoms with van der Waals surface area (Å²) in [7, 11) is 0. The van der Waals surface area contributed by atoms with Crippen LogP contribution in [0.25, 0.3) is 0 Å². The van der Waals surface area contributed by atoms with Gasteiger partial charge < -0.3 is 26.4 Å². The molecule has 9 nitrogen and oxygen atoms in total. The van der Waals surface area contributed by atoms with Crippen LogP contribution in [0.1, 0.15) is 32.1 Å². The Kier molecular flexibility index (Phi) is 5.54. The molecule has 3 amide bonds. The Balaban J connectivity index is 2.00. The largest absolute Gasteiger partial charge is 0.481 e. The van der Waals surface area contributed by atoms with Gasteiger partial charge in [-0.2, -0.15) is 0 Å². The van der Waals surface area contributed by atoms with Crippen molar-refractivity contribution in [3.8, 4) is 0 Å². The number of rotatable bonds is 6. The first-order valence-electron chi connectivity index (χ1n) is 7.75. The second-order valence-electron chi connectivity index (χ2n) is 5.90. The molecule has 0 unspecified atom stereocenters. The number of nitrogens with one attached hydrogen (secondary N) is 2. The zero-order valence-electron chi connectivity index (χ0n) is 12.8. The molecule has 5 N–H and O–H groups in total. The lowest BCUT2D eigenvalue weighted by Crippen LogP contribution is -2.55. The molecule has 128 valence electrons. The fourth-order valence-electron chi connectivity index (χ4n) is 3.06. The number of carbonyl (C=O) groups excluding carboxylic acids is 3. The van der Waals surface area contributed by atoms with E-state index in [4.69, 9.17) is 10.8 Å². The Morgan fingerprint density at radius 1 is 1.26 bits per heavy atom. The Hall–Kier alpha value is -2.16. The molecule has 0 aliphatic carbocycles. The second-order valence-corrected chi connectivity index (χ2v) is 5.90. The molecule has 2 saturated heterocycles. The number of likely N-dealkylation sites (tertiary alicyclic amines) is 1. The minimum absolute atomic E-state index is 0.117. The third-order valence-corrected chi connectivity index (χ3v) is 4.24. The zero-order valence-corrected chi connectivity index (χ0v) is 12.8. The molecule has 0 bridgehead atoms. The van der Waals surface area contributed by atoms with E-state index in [1.807, 2.05) is 0 Å². The van der Waals surface area contributed by atoms with Crippen LogP contribution in [-0.4, -0.2) is 64.9 Å². The lowest BCUT2D eigenvalue weighted by Gasteiger charge is -2.27. The second kappa shape index (κ2) is 7.40. The topological polar surface area (TPSA) is 142 Å². The lowest BCUT2D eigenvalue weighted by molar-refractivity contribution is -0.142. The number of hydrogen-bond acceptors (Lipinski definition) is 5. The smallest absolute Gasteiger partial charge is 0.305 e. The van der Waals surface area contributed by atoms with Crippen molar-refractivity contribution in [2.75, 3.05) is 13.1 Å². The van der Waals surface area contributed by atoms with Gasteiger partial charge in [-0.05, 0) is 32.2 Å². The van der Waals surface area contributed by atoms with Gasteiger partial charge in [0.2, 0.25) is 17.7 Å². The summed E-state index contributed by atoms with van der Waals surface area (Å²) in [6, 6.07) is -2.22. The van der Waals surface area contributed by atoms with E-state index in [-0.39, 0.29) is 11.9 Å². The average Bonchev–Trinajstić information content (AvgIpc) is 3.16. The first kappa shape index (κ1) is 17.2. The van der Waals surface area contributed by atoms with E-state index in [0.717, 1.165) is 19.4 Å². The van der Waals surface area contributed by atoms with Gasteiger partial charge in [0.05, 0.1) is 12.5 Å². The van der Waals surface area contributed by atoms with Gasteiger partial charge >= 0.3 is 5.97 Å². The maximum absolute atomic E-state index is 12.5. The quantitative estimate of drug-likeness (QED) is 0.452. The third-order valence-electron chi connectivity index (χ3n) is 4.24. The van der Waals surface area contributed by atoms with Crippen molar-refractivity contribution in [1.29, 1.82) is 0 Å². The maximum atomic E-state index is 12.5. The Bertz CT molecular complexity index is 503. The normalized spacial score (nSPS) is 25.1. The van der Waals surface area contributed by atoms with Crippen LogP contribution < -0.4 is 16.4 Å². The number of carboxylic acids is 1. The molecule has 2 aliphatic heterocycles.